The van der Waals surface area contributed by atoms with E-state index >= 15 is 0 Å². The van der Waals surface area contributed by atoms with Crippen molar-refractivity contribution in [2.24, 2.45) is 5.73 Å². The maximum absolute atomic E-state index is 13.0. The Morgan fingerprint density at radius 1 is 1.17 bits per heavy atom. The van der Waals surface area contributed by atoms with Crippen LogP contribution in [0.5, 0.6) is 0 Å². The van der Waals surface area contributed by atoms with Gasteiger partial charge in [0.25, 0.3) is 11.5 Å². The summed E-state index contributed by atoms with van der Waals surface area (Å²) in [6, 6.07) is 9.20. The zero-order chi connectivity index (χ0) is 21.1. The molecule has 2 N–H and O–H groups in total. The van der Waals surface area contributed by atoms with Crippen molar-refractivity contribution in [1.82, 2.24) is 18.7 Å². The van der Waals surface area contributed by atoms with E-state index in [0.717, 1.165) is 10.1 Å². The maximum Gasteiger partial charge on any atom is 0.333 e. The normalized spacial score (nSPS) is 12.1. The van der Waals surface area contributed by atoms with Crippen molar-refractivity contribution in [3.8, 4) is 0 Å². The van der Waals surface area contributed by atoms with Gasteiger partial charge in [0.15, 0.2) is 17.3 Å². The van der Waals surface area contributed by atoms with E-state index in [2.05, 4.69) is 4.98 Å². The molecule has 2 heterocycles. The van der Waals surface area contributed by atoms with E-state index in [0.29, 0.717) is 6.54 Å². The van der Waals surface area contributed by atoms with Gasteiger partial charge in [-0.25, -0.2) is 14.3 Å². The summed E-state index contributed by atoms with van der Waals surface area (Å²) in [4.78, 5) is 53.5. The van der Waals surface area contributed by atoms with Gasteiger partial charge in [0.2, 0.25) is 0 Å². The highest BCUT2D eigenvalue weighted by Crippen LogP contribution is 2.09. The number of imidazole rings is 1. The third kappa shape index (κ3) is 3.96. The van der Waals surface area contributed by atoms with E-state index < -0.39 is 35.8 Å². The average Bonchev–Trinajstić information content (AvgIpc) is 3.13. The van der Waals surface area contributed by atoms with Crippen LogP contribution in [0.15, 0.2) is 46.2 Å². The van der Waals surface area contributed by atoms with E-state index in [9.17, 15) is 19.2 Å². The van der Waals surface area contributed by atoms with Gasteiger partial charge in [-0.15, -0.1) is 0 Å². The summed E-state index contributed by atoms with van der Waals surface area (Å²) in [5.41, 5.74) is 5.01. The molecule has 0 fully saturated rings. The van der Waals surface area contributed by atoms with Gasteiger partial charge in [-0.2, -0.15) is 0 Å². The summed E-state index contributed by atoms with van der Waals surface area (Å²) in [5, 5.41) is 0. The number of fused-ring (bicyclic) bond motifs is 1. The third-order valence-corrected chi connectivity index (χ3v) is 4.50. The first-order valence-corrected chi connectivity index (χ1v) is 9.04. The van der Waals surface area contributed by atoms with Crippen molar-refractivity contribution < 1.29 is 14.3 Å². The van der Waals surface area contributed by atoms with Crippen molar-refractivity contribution in [3.63, 3.8) is 0 Å². The van der Waals surface area contributed by atoms with Gasteiger partial charge in [-0.3, -0.25) is 19.0 Å². The molecule has 2 aromatic heterocycles. The molecule has 1 amide bonds. The van der Waals surface area contributed by atoms with Crippen molar-refractivity contribution in [3.05, 3.63) is 63.1 Å². The summed E-state index contributed by atoms with van der Waals surface area (Å²) in [6.07, 6.45) is 0.305. The molecule has 0 saturated carbocycles. The summed E-state index contributed by atoms with van der Waals surface area (Å²) in [6.45, 7) is 3.13. The highest BCUT2D eigenvalue weighted by Gasteiger charge is 2.21. The lowest BCUT2D eigenvalue weighted by Crippen LogP contribution is -2.43. The second kappa shape index (κ2) is 8.13. The molecule has 0 saturated heterocycles. The Bertz CT molecular complexity index is 1180. The van der Waals surface area contributed by atoms with Crippen molar-refractivity contribution >= 4 is 23.0 Å². The fraction of sp³-hybridized carbons (Fsp3) is 0.316. The Morgan fingerprint density at radius 2 is 1.86 bits per heavy atom. The molecule has 0 aliphatic heterocycles. The van der Waals surface area contributed by atoms with E-state index in [4.69, 9.17) is 10.5 Å². The summed E-state index contributed by atoms with van der Waals surface area (Å²) in [7, 11) is 0. The highest BCUT2D eigenvalue weighted by molar-refractivity contribution is 5.82. The fourth-order valence-corrected chi connectivity index (χ4v) is 2.95. The molecule has 3 aromatic rings. The number of esters is 1. The molecule has 0 bridgehead atoms. The quantitative estimate of drug-likeness (QED) is 0.550. The summed E-state index contributed by atoms with van der Waals surface area (Å²) in [5.74, 6) is -1.74. The van der Waals surface area contributed by atoms with Crippen LogP contribution in [0.4, 0.5) is 0 Å². The number of carbonyl (C=O) groups excluding carboxylic acids is 2. The number of aryl methyl sites for hydroxylation is 1. The van der Waals surface area contributed by atoms with Gasteiger partial charge < -0.3 is 15.0 Å². The minimum atomic E-state index is -1.17. The Labute approximate surface area is 165 Å². The number of aromatic nitrogens is 4. The number of carbonyl (C=O) groups is 2. The smallest absolute Gasteiger partial charge is 0.333 e. The number of primary amides is 1. The molecule has 1 aromatic carbocycles. The number of amides is 1. The van der Waals surface area contributed by atoms with Gasteiger partial charge in [0.05, 0.1) is 12.9 Å². The Morgan fingerprint density at radius 3 is 2.48 bits per heavy atom. The minimum Gasteiger partial charge on any atom is -0.451 e. The van der Waals surface area contributed by atoms with Gasteiger partial charge >= 0.3 is 11.7 Å². The molecular weight excluding hydrogens is 378 g/mol. The van der Waals surface area contributed by atoms with Crippen LogP contribution >= 0.6 is 0 Å². The lowest BCUT2D eigenvalue weighted by atomic mass is 10.2. The van der Waals surface area contributed by atoms with Crippen LogP contribution in [0.2, 0.25) is 0 Å². The molecule has 0 aliphatic carbocycles. The van der Waals surface area contributed by atoms with Gasteiger partial charge in [0.1, 0.15) is 6.54 Å². The van der Waals surface area contributed by atoms with Crippen LogP contribution in [0.1, 0.15) is 19.4 Å². The molecule has 3 rings (SSSR count). The number of nitrogens with zero attached hydrogens (tertiary/aromatic N) is 4. The minimum absolute atomic E-state index is 0.171. The number of nitrogens with two attached hydrogens (primary N) is 1. The van der Waals surface area contributed by atoms with Gasteiger partial charge in [0, 0.05) is 6.54 Å². The monoisotopic (exact) mass is 399 g/mol. The summed E-state index contributed by atoms with van der Waals surface area (Å²) < 4.78 is 8.62. The standard InChI is InChI=1S/C19H21N5O5/c1-3-22-11-21-17-15(22)18(27)24(10-14(25)29-12(2)16(20)26)19(28)23(17)9-13-7-5-4-6-8-13/h4-8,11-12H,3,9-10H2,1-2H3,(H2,20,26)/t12-/m0/s1. The fourth-order valence-electron chi connectivity index (χ4n) is 2.95. The van der Waals surface area contributed by atoms with E-state index in [1.807, 2.05) is 37.3 Å². The summed E-state index contributed by atoms with van der Waals surface area (Å²) >= 11 is 0. The number of hydrogen-bond acceptors (Lipinski definition) is 6. The van der Waals surface area contributed by atoms with Gasteiger partial charge in [-0.1, -0.05) is 30.3 Å². The van der Waals surface area contributed by atoms with Crippen molar-refractivity contribution in [2.75, 3.05) is 0 Å². The predicted octanol–water partition coefficient (Wildman–Crippen LogP) is -0.155. The first-order valence-electron chi connectivity index (χ1n) is 9.04. The topological polar surface area (TPSA) is 131 Å². The molecule has 29 heavy (non-hydrogen) atoms. The molecule has 0 aliphatic rings. The second-order valence-electron chi connectivity index (χ2n) is 6.48. The number of benzene rings is 1. The molecule has 0 radical (unpaired) electrons. The van der Waals surface area contributed by atoms with Crippen LogP contribution in [0.25, 0.3) is 11.2 Å². The average molecular weight is 399 g/mol. The van der Waals surface area contributed by atoms with Crippen LogP contribution < -0.4 is 17.0 Å². The predicted molar refractivity (Wildman–Crippen MR) is 104 cm³/mol. The van der Waals surface area contributed by atoms with Crippen LogP contribution in [0.3, 0.4) is 0 Å². The lowest BCUT2D eigenvalue weighted by molar-refractivity contribution is -0.154. The number of ether oxygens (including phenoxy) is 1. The van der Waals surface area contributed by atoms with Gasteiger partial charge in [-0.05, 0) is 19.4 Å². The zero-order valence-corrected chi connectivity index (χ0v) is 16.1. The molecule has 0 unspecified atom stereocenters. The van der Waals surface area contributed by atoms with Crippen LogP contribution in [0, 0.1) is 0 Å². The van der Waals surface area contributed by atoms with E-state index in [1.54, 1.807) is 4.57 Å². The van der Waals surface area contributed by atoms with E-state index in [1.165, 1.54) is 17.8 Å². The highest BCUT2D eigenvalue weighted by atomic mass is 16.5. The lowest BCUT2D eigenvalue weighted by Gasteiger charge is -2.13. The number of rotatable bonds is 7. The SMILES string of the molecule is CCn1cnc2c1c(=O)n(CC(=O)O[C@@H](C)C(N)=O)c(=O)n2Cc1ccccc1. The third-order valence-electron chi connectivity index (χ3n) is 4.50. The van der Waals surface area contributed by atoms with E-state index in [-0.39, 0.29) is 17.7 Å². The second-order valence-corrected chi connectivity index (χ2v) is 6.48. The zero-order valence-electron chi connectivity index (χ0n) is 16.1. The molecule has 1 atom stereocenters. The molecule has 0 spiro atoms. The number of hydrogen-bond donors (Lipinski definition) is 1. The largest absolute Gasteiger partial charge is 0.451 e. The Balaban J connectivity index is 2.12. The molecule has 152 valence electrons. The Kier molecular flexibility index (Phi) is 5.62. The first kappa shape index (κ1) is 20.1. The Hall–Kier alpha value is -3.69. The van der Waals surface area contributed by atoms with Crippen LogP contribution in [-0.4, -0.2) is 36.7 Å². The molecular formula is C19H21N5O5. The van der Waals surface area contributed by atoms with Crippen LogP contribution in [-0.2, 0) is 34.0 Å². The van der Waals surface area contributed by atoms with Crippen molar-refractivity contribution in [1.29, 1.82) is 0 Å². The van der Waals surface area contributed by atoms with Crippen molar-refractivity contribution in [2.45, 2.75) is 39.6 Å². The first-order chi connectivity index (χ1) is 13.8. The maximum atomic E-state index is 13.0. The molecule has 10 nitrogen and oxygen atoms in total. The molecule has 10 heteroatoms.